The first-order valence-corrected chi connectivity index (χ1v) is 8.98. The van der Waals surface area contributed by atoms with Gasteiger partial charge in [-0.25, -0.2) is 0 Å². The van der Waals surface area contributed by atoms with Gasteiger partial charge >= 0.3 is 0 Å². The Balaban J connectivity index is 1.72. The molecule has 0 bridgehead atoms. The quantitative estimate of drug-likeness (QED) is 0.832. The molecule has 2 rings (SSSR count). The molecule has 0 aromatic carbocycles. The van der Waals surface area contributed by atoms with Crippen molar-refractivity contribution >= 4 is 0 Å². The Bertz CT molecular complexity index is 238. The highest BCUT2D eigenvalue weighted by molar-refractivity contribution is 4.72. The Morgan fingerprint density at radius 3 is 2.55 bits per heavy atom. The van der Waals surface area contributed by atoms with Gasteiger partial charge in [0.05, 0.1) is 0 Å². The van der Waals surface area contributed by atoms with Gasteiger partial charge in [0.2, 0.25) is 0 Å². The molecule has 0 aromatic rings. The normalized spacial score (nSPS) is 28.9. The molecule has 1 atom stereocenters. The Morgan fingerprint density at radius 1 is 0.950 bits per heavy atom. The largest absolute Gasteiger partial charge is 0.317 e. The molecule has 2 fully saturated rings. The maximum Gasteiger partial charge on any atom is 0.00192 e. The van der Waals surface area contributed by atoms with Gasteiger partial charge in [0.25, 0.3) is 0 Å². The van der Waals surface area contributed by atoms with Crippen LogP contribution in [0.25, 0.3) is 0 Å². The zero-order chi connectivity index (χ0) is 14.0. The van der Waals surface area contributed by atoms with Crippen LogP contribution in [-0.4, -0.2) is 50.7 Å². The molecule has 1 saturated carbocycles. The Kier molecular flexibility index (Phi) is 7.92. The molecule has 1 heterocycles. The number of rotatable bonds is 3. The maximum atomic E-state index is 3.60. The van der Waals surface area contributed by atoms with Gasteiger partial charge < -0.3 is 15.5 Å². The summed E-state index contributed by atoms with van der Waals surface area (Å²) in [5, 5.41) is 7.17. The average Bonchev–Trinajstić information content (AvgIpc) is 2.94. The molecule has 0 radical (unpaired) electrons. The average molecular weight is 281 g/mol. The third kappa shape index (κ3) is 6.55. The number of nitrogens with zero attached hydrogens (tertiary/aromatic N) is 1. The van der Waals surface area contributed by atoms with E-state index in [1.165, 1.54) is 90.8 Å². The molecule has 0 amide bonds. The van der Waals surface area contributed by atoms with E-state index in [1.54, 1.807) is 0 Å². The minimum Gasteiger partial charge on any atom is -0.317 e. The van der Waals surface area contributed by atoms with Gasteiger partial charge in [-0.2, -0.15) is 0 Å². The molecule has 1 aliphatic carbocycles. The zero-order valence-electron chi connectivity index (χ0n) is 13.5. The second-order valence-electron chi connectivity index (χ2n) is 7.01. The fraction of sp³-hybridized carbons (Fsp3) is 1.00. The van der Waals surface area contributed by atoms with Crippen molar-refractivity contribution in [1.82, 2.24) is 15.5 Å². The van der Waals surface area contributed by atoms with E-state index in [1.807, 2.05) is 0 Å². The van der Waals surface area contributed by atoms with Crippen LogP contribution < -0.4 is 10.6 Å². The summed E-state index contributed by atoms with van der Waals surface area (Å²) in [4.78, 5) is 2.73. The molecular formula is C17H35N3. The number of nitrogens with one attached hydrogen (secondary N) is 2. The Hall–Kier alpha value is -0.120. The van der Waals surface area contributed by atoms with E-state index >= 15 is 0 Å². The molecule has 3 nitrogen and oxygen atoms in total. The molecule has 3 heteroatoms. The molecular weight excluding hydrogens is 246 g/mol. The fourth-order valence-corrected chi connectivity index (χ4v) is 3.70. The monoisotopic (exact) mass is 281 g/mol. The summed E-state index contributed by atoms with van der Waals surface area (Å²) in [5.74, 6) is 1.81. The fourth-order valence-electron chi connectivity index (χ4n) is 3.70. The minimum absolute atomic E-state index is 0.783. The Morgan fingerprint density at radius 2 is 1.70 bits per heavy atom. The molecule has 2 aliphatic rings. The van der Waals surface area contributed by atoms with Crippen LogP contribution in [0.3, 0.4) is 0 Å². The van der Waals surface area contributed by atoms with Crippen molar-refractivity contribution in [3.63, 3.8) is 0 Å². The second-order valence-corrected chi connectivity index (χ2v) is 7.01. The van der Waals surface area contributed by atoms with Crippen LogP contribution in [-0.2, 0) is 0 Å². The Labute approximate surface area is 125 Å². The molecule has 118 valence electrons. The van der Waals surface area contributed by atoms with Crippen LogP contribution in [0.4, 0.5) is 0 Å². The molecule has 0 spiro atoms. The van der Waals surface area contributed by atoms with Crippen molar-refractivity contribution < 1.29 is 0 Å². The van der Waals surface area contributed by atoms with Gasteiger partial charge in [-0.05, 0) is 70.4 Å². The van der Waals surface area contributed by atoms with Crippen molar-refractivity contribution in [2.45, 2.75) is 51.9 Å². The topological polar surface area (TPSA) is 27.3 Å². The van der Waals surface area contributed by atoms with Crippen molar-refractivity contribution in [2.24, 2.45) is 11.8 Å². The lowest BCUT2D eigenvalue weighted by Crippen LogP contribution is -2.37. The van der Waals surface area contributed by atoms with Crippen molar-refractivity contribution in [3.05, 3.63) is 0 Å². The van der Waals surface area contributed by atoms with Gasteiger partial charge in [-0.3, -0.25) is 0 Å². The lowest BCUT2D eigenvalue weighted by molar-refractivity contribution is 0.214. The first-order valence-electron chi connectivity index (χ1n) is 8.98. The van der Waals surface area contributed by atoms with Crippen LogP contribution >= 0.6 is 0 Å². The summed E-state index contributed by atoms with van der Waals surface area (Å²) in [7, 11) is 0. The van der Waals surface area contributed by atoms with E-state index < -0.39 is 0 Å². The highest BCUT2D eigenvalue weighted by Crippen LogP contribution is 2.27. The van der Waals surface area contributed by atoms with Crippen molar-refractivity contribution in [2.75, 3.05) is 45.8 Å². The van der Waals surface area contributed by atoms with Crippen molar-refractivity contribution in [3.8, 4) is 0 Å². The SMILES string of the molecule is CC1CNCCCNCCCN(CCC2CCCC2)C1. The maximum absolute atomic E-state index is 3.60. The van der Waals surface area contributed by atoms with Gasteiger partial charge in [0, 0.05) is 6.54 Å². The lowest BCUT2D eigenvalue weighted by atomic mass is 10.0. The third-order valence-electron chi connectivity index (χ3n) is 4.93. The summed E-state index contributed by atoms with van der Waals surface area (Å²) in [6.07, 6.45) is 9.96. The third-order valence-corrected chi connectivity index (χ3v) is 4.93. The summed E-state index contributed by atoms with van der Waals surface area (Å²) in [6.45, 7) is 11.0. The minimum atomic E-state index is 0.783. The van der Waals surface area contributed by atoms with Gasteiger partial charge in [-0.1, -0.05) is 32.6 Å². The highest BCUT2D eigenvalue weighted by Gasteiger charge is 2.17. The molecule has 20 heavy (non-hydrogen) atoms. The van der Waals surface area contributed by atoms with E-state index in [0.29, 0.717) is 0 Å². The van der Waals surface area contributed by atoms with Gasteiger partial charge in [0.1, 0.15) is 0 Å². The molecule has 2 N–H and O–H groups in total. The summed E-state index contributed by atoms with van der Waals surface area (Å²) >= 11 is 0. The van der Waals surface area contributed by atoms with E-state index in [-0.39, 0.29) is 0 Å². The molecule has 1 aliphatic heterocycles. The van der Waals surface area contributed by atoms with Crippen LogP contribution in [0.2, 0.25) is 0 Å². The standard InChI is InChI=1S/C17H35N3/c1-16-14-19-10-4-9-18-11-5-12-20(15-16)13-8-17-6-2-3-7-17/h16-19H,2-15H2,1H3. The first kappa shape index (κ1) is 16.3. The van der Waals surface area contributed by atoms with E-state index in [9.17, 15) is 0 Å². The van der Waals surface area contributed by atoms with E-state index in [4.69, 9.17) is 0 Å². The smallest absolute Gasteiger partial charge is 0.00192 e. The summed E-state index contributed by atoms with van der Waals surface area (Å²) < 4.78 is 0. The van der Waals surface area contributed by atoms with Gasteiger partial charge in [0.15, 0.2) is 0 Å². The second kappa shape index (κ2) is 9.75. The van der Waals surface area contributed by atoms with Crippen molar-refractivity contribution in [1.29, 1.82) is 0 Å². The number of hydrogen-bond acceptors (Lipinski definition) is 3. The molecule has 1 saturated heterocycles. The summed E-state index contributed by atoms with van der Waals surface area (Å²) in [6, 6.07) is 0. The van der Waals surface area contributed by atoms with Gasteiger partial charge in [-0.15, -0.1) is 0 Å². The number of hydrogen-bond donors (Lipinski definition) is 2. The van der Waals surface area contributed by atoms with Crippen LogP contribution in [0, 0.1) is 11.8 Å². The predicted molar refractivity (Wildman–Crippen MR) is 87.2 cm³/mol. The summed E-state index contributed by atoms with van der Waals surface area (Å²) in [5.41, 5.74) is 0. The predicted octanol–water partition coefficient (Wildman–Crippen LogP) is 2.48. The molecule has 0 aromatic heterocycles. The lowest BCUT2D eigenvalue weighted by Gasteiger charge is -2.27. The van der Waals surface area contributed by atoms with E-state index in [0.717, 1.165) is 11.8 Å². The van der Waals surface area contributed by atoms with E-state index in [2.05, 4.69) is 22.5 Å². The molecule has 1 unspecified atom stereocenters. The zero-order valence-corrected chi connectivity index (χ0v) is 13.5. The van der Waals surface area contributed by atoms with Crippen LogP contribution in [0.5, 0.6) is 0 Å². The van der Waals surface area contributed by atoms with Crippen LogP contribution in [0.1, 0.15) is 51.9 Å². The first-order chi connectivity index (χ1) is 9.84. The highest BCUT2D eigenvalue weighted by atomic mass is 15.1. The van der Waals surface area contributed by atoms with Crippen LogP contribution in [0.15, 0.2) is 0 Å².